The molecule has 0 aliphatic heterocycles. The summed E-state index contributed by atoms with van der Waals surface area (Å²) in [4.78, 5) is 30.3. The molecule has 0 saturated carbocycles. The molecular formula is C32H25N7. The Bertz CT molecular complexity index is 2260. The zero-order valence-electron chi connectivity index (χ0n) is 21.9. The highest BCUT2D eigenvalue weighted by molar-refractivity contribution is 6.24. The Kier molecular flexibility index (Phi) is 4.56. The molecule has 7 nitrogen and oxygen atoms in total. The maximum Gasteiger partial charge on any atom is 0.116 e. The third kappa shape index (κ3) is 3.13. The second-order valence-corrected chi connectivity index (χ2v) is 10.5. The van der Waals surface area contributed by atoms with Crippen molar-refractivity contribution in [3.05, 3.63) is 79.0 Å². The van der Waals surface area contributed by atoms with Gasteiger partial charge in [0.25, 0.3) is 0 Å². The molecule has 4 aromatic heterocycles. The Balaban J connectivity index is 1.41. The van der Waals surface area contributed by atoms with Gasteiger partial charge in [-0.15, -0.1) is 0 Å². The summed E-state index contributed by atoms with van der Waals surface area (Å²) in [5.74, 6) is 2.25. The van der Waals surface area contributed by atoms with Gasteiger partial charge in [-0.2, -0.15) is 0 Å². The van der Waals surface area contributed by atoms with Crippen molar-refractivity contribution < 1.29 is 0 Å². The summed E-state index contributed by atoms with van der Waals surface area (Å²) in [6.07, 6.45) is 8.15. The van der Waals surface area contributed by atoms with Gasteiger partial charge in [0.1, 0.15) is 18.0 Å². The standard InChI is InChI=1S/C32H25N7/c1-4-26-36-28-20-7-5-17(11-22(20)19-9-10-33-13-24(19)30(28)37-26)18-6-8-21-23(12-18)25-14-34-15-35-27(25)31-29(21)38-32(39-31)16(2)3/h5-16H,4H2,1-3H3,(H,36,37)(H,38,39). The minimum Gasteiger partial charge on any atom is -0.341 e. The lowest BCUT2D eigenvalue weighted by Crippen LogP contribution is -1.88. The highest BCUT2D eigenvalue weighted by Gasteiger charge is 2.17. The Morgan fingerprint density at radius 3 is 2.18 bits per heavy atom. The molecule has 0 aliphatic carbocycles. The quantitative estimate of drug-likeness (QED) is 0.240. The largest absolute Gasteiger partial charge is 0.341 e. The van der Waals surface area contributed by atoms with Crippen molar-refractivity contribution in [3.8, 4) is 11.1 Å². The third-order valence-electron chi connectivity index (χ3n) is 7.86. The van der Waals surface area contributed by atoms with E-state index in [4.69, 9.17) is 9.97 Å². The zero-order chi connectivity index (χ0) is 26.2. The number of hydrogen-bond acceptors (Lipinski definition) is 5. The van der Waals surface area contributed by atoms with Gasteiger partial charge in [0.15, 0.2) is 0 Å². The molecule has 39 heavy (non-hydrogen) atoms. The monoisotopic (exact) mass is 507 g/mol. The highest BCUT2D eigenvalue weighted by atomic mass is 14.9. The average Bonchev–Trinajstić information content (AvgIpc) is 3.63. The number of fused-ring (bicyclic) bond motifs is 12. The third-order valence-corrected chi connectivity index (χ3v) is 7.86. The number of nitrogens with zero attached hydrogens (tertiary/aromatic N) is 5. The van der Waals surface area contributed by atoms with E-state index >= 15 is 0 Å². The first-order valence-electron chi connectivity index (χ1n) is 13.3. The van der Waals surface area contributed by atoms with E-state index < -0.39 is 0 Å². The van der Waals surface area contributed by atoms with E-state index in [1.165, 1.54) is 10.8 Å². The minimum atomic E-state index is 0.293. The molecule has 0 atom stereocenters. The van der Waals surface area contributed by atoms with Crippen LogP contribution in [0.25, 0.3) is 76.4 Å². The number of imidazole rings is 2. The molecule has 0 spiro atoms. The van der Waals surface area contributed by atoms with Gasteiger partial charge in [0.2, 0.25) is 0 Å². The van der Waals surface area contributed by atoms with E-state index in [9.17, 15) is 0 Å². The van der Waals surface area contributed by atoms with Gasteiger partial charge < -0.3 is 9.97 Å². The molecule has 0 unspecified atom stereocenters. The molecule has 4 heterocycles. The molecule has 8 rings (SSSR count). The molecule has 0 amide bonds. The van der Waals surface area contributed by atoms with Crippen LogP contribution in [0.3, 0.4) is 0 Å². The minimum absolute atomic E-state index is 0.293. The van der Waals surface area contributed by atoms with Crippen LogP contribution < -0.4 is 0 Å². The Hall–Kier alpha value is -4.91. The van der Waals surface area contributed by atoms with Gasteiger partial charge in [-0.3, -0.25) is 4.98 Å². The number of aromatic nitrogens is 7. The number of nitrogens with one attached hydrogen (secondary N) is 2. The van der Waals surface area contributed by atoms with Crippen LogP contribution in [0.2, 0.25) is 0 Å². The maximum atomic E-state index is 4.97. The summed E-state index contributed by atoms with van der Waals surface area (Å²) in [6.45, 7) is 6.41. The van der Waals surface area contributed by atoms with Gasteiger partial charge in [0, 0.05) is 52.5 Å². The van der Waals surface area contributed by atoms with Crippen LogP contribution in [-0.2, 0) is 6.42 Å². The number of benzene rings is 4. The molecule has 0 bridgehead atoms. The van der Waals surface area contributed by atoms with Gasteiger partial charge in [0.05, 0.1) is 27.6 Å². The number of rotatable bonds is 3. The first-order chi connectivity index (χ1) is 19.1. The predicted molar refractivity (Wildman–Crippen MR) is 158 cm³/mol. The summed E-state index contributed by atoms with van der Waals surface area (Å²) in [7, 11) is 0. The van der Waals surface area contributed by atoms with E-state index in [0.717, 1.165) is 83.7 Å². The molecule has 0 aliphatic rings. The summed E-state index contributed by atoms with van der Waals surface area (Å²) >= 11 is 0. The summed E-state index contributed by atoms with van der Waals surface area (Å²) < 4.78 is 0. The van der Waals surface area contributed by atoms with Crippen molar-refractivity contribution in [3.63, 3.8) is 0 Å². The molecule has 4 aromatic carbocycles. The molecule has 188 valence electrons. The first-order valence-corrected chi connectivity index (χ1v) is 13.3. The van der Waals surface area contributed by atoms with E-state index in [2.05, 4.69) is 88.2 Å². The Morgan fingerprint density at radius 2 is 1.38 bits per heavy atom. The van der Waals surface area contributed by atoms with Gasteiger partial charge in [-0.25, -0.2) is 19.9 Å². The predicted octanol–water partition coefficient (Wildman–Crippen LogP) is 7.59. The second kappa shape index (κ2) is 8.04. The number of H-pyrrole nitrogens is 2. The van der Waals surface area contributed by atoms with Crippen LogP contribution in [0.4, 0.5) is 0 Å². The van der Waals surface area contributed by atoms with Crippen LogP contribution >= 0.6 is 0 Å². The van der Waals surface area contributed by atoms with Crippen LogP contribution in [0.5, 0.6) is 0 Å². The van der Waals surface area contributed by atoms with Crippen molar-refractivity contribution in [1.82, 2.24) is 34.9 Å². The van der Waals surface area contributed by atoms with Gasteiger partial charge in [-0.1, -0.05) is 45.0 Å². The van der Waals surface area contributed by atoms with E-state index in [1.807, 2.05) is 18.6 Å². The van der Waals surface area contributed by atoms with Gasteiger partial charge >= 0.3 is 0 Å². The lowest BCUT2D eigenvalue weighted by Gasteiger charge is -2.11. The molecule has 0 radical (unpaired) electrons. The van der Waals surface area contributed by atoms with Crippen molar-refractivity contribution in [2.45, 2.75) is 33.1 Å². The maximum absolute atomic E-state index is 4.97. The number of aromatic amines is 2. The molecule has 7 heteroatoms. The zero-order valence-corrected chi connectivity index (χ0v) is 21.9. The topological polar surface area (TPSA) is 96.0 Å². The van der Waals surface area contributed by atoms with E-state index in [1.54, 1.807) is 6.33 Å². The van der Waals surface area contributed by atoms with Crippen LogP contribution in [-0.4, -0.2) is 34.9 Å². The fraction of sp³-hybridized carbons (Fsp3) is 0.156. The fourth-order valence-electron chi connectivity index (χ4n) is 5.87. The van der Waals surface area contributed by atoms with Crippen molar-refractivity contribution >= 4 is 65.3 Å². The van der Waals surface area contributed by atoms with Gasteiger partial charge in [-0.05, 0) is 45.5 Å². The second-order valence-electron chi connectivity index (χ2n) is 10.5. The van der Waals surface area contributed by atoms with Crippen LogP contribution in [0.1, 0.15) is 38.3 Å². The normalized spacial score (nSPS) is 12.3. The molecular weight excluding hydrogens is 482 g/mol. The SMILES string of the molecule is CCc1nc2c3cnccc3c3cc(-c4ccc5c(c4)c4cncnc4c4[nH]c(C(C)C)nc54)ccc3c2[nH]1. The molecule has 0 saturated heterocycles. The van der Waals surface area contributed by atoms with Crippen LogP contribution in [0, 0.1) is 0 Å². The highest BCUT2D eigenvalue weighted by Crippen LogP contribution is 2.39. The van der Waals surface area contributed by atoms with Crippen molar-refractivity contribution in [2.24, 2.45) is 0 Å². The summed E-state index contributed by atoms with van der Waals surface area (Å²) in [5, 5.41) is 7.79. The number of pyridine rings is 1. The lowest BCUT2D eigenvalue weighted by atomic mass is 9.94. The Morgan fingerprint density at radius 1 is 0.667 bits per heavy atom. The number of aryl methyl sites for hydroxylation is 1. The Labute approximate surface area is 223 Å². The molecule has 2 N–H and O–H groups in total. The van der Waals surface area contributed by atoms with Crippen LogP contribution in [0.15, 0.2) is 67.4 Å². The smallest absolute Gasteiger partial charge is 0.116 e. The average molecular weight is 508 g/mol. The van der Waals surface area contributed by atoms with Crippen molar-refractivity contribution in [2.75, 3.05) is 0 Å². The van der Waals surface area contributed by atoms with E-state index in [-0.39, 0.29) is 0 Å². The molecule has 8 aromatic rings. The summed E-state index contributed by atoms with van der Waals surface area (Å²) in [5.41, 5.74) is 7.15. The first kappa shape index (κ1) is 22.1. The number of hydrogen-bond donors (Lipinski definition) is 2. The van der Waals surface area contributed by atoms with E-state index in [0.29, 0.717) is 5.92 Å². The molecule has 0 fully saturated rings. The fourth-order valence-corrected chi connectivity index (χ4v) is 5.87. The summed E-state index contributed by atoms with van der Waals surface area (Å²) in [6, 6.07) is 15.4. The lowest BCUT2D eigenvalue weighted by molar-refractivity contribution is 0.799. The van der Waals surface area contributed by atoms with Crippen molar-refractivity contribution in [1.29, 1.82) is 0 Å².